The first-order valence-corrected chi connectivity index (χ1v) is 10.2. The SMILES string of the molecule is C#CCCC1(CCNC(c2ncoc2C2CCC2)c2nnnn2C)N=N1.O=C(O)C(F)(F)F. The molecule has 0 amide bonds. The normalized spacial score (nSPS) is 17.4. The standard InChI is InChI=1S/C17H22N8O.C2HF3O2/c1-3-4-8-17(21-22-17)9-10-18-14(16-20-23-24-25(16)2)13-15(26-11-19-13)12-6-5-7-12;3-2(4,5)1(6)7/h1,11-12,14,18H,4-10H2,2H3;(H,6,7). The van der Waals surface area contributed by atoms with Crippen LogP contribution in [0, 0.1) is 12.3 Å². The highest BCUT2D eigenvalue weighted by atomic mass is 19.4. The summed E-state index contributed by atoms with van der Waals surface area (Å²) in [6, 6.07) is -0.229. The molecular weight excluding hydrogens is 445 g/mol. The van der Waals surface area contributed by atoms with Gasteiger partial charge in [-0.1, -0.05) is 6.42 Å². The van der Waals surface area contributed by atoms with Crippen molar-refractivity contribution >= 4 is 5.97 Å². The molecule has 3 heterocycles. The quantitative estimate of drug-likeness (QED) is 0.535. The zero-order chi connectivity index (χ0) is 24.1. The van der Waals surface area contributed by atoms with E-state index in [1.165, 1.54) is 12.8 Å². The van der Waals surface area contributed by atoms with Gasteiger partial charge in [0.05, 0.1) is 0 Å². The molecular formula is C19H23F3N8O3. The van der Waals surface area contributed by atoms with Crippen LogP contribution in [-0.4, -0.2) is 54.7 Å². The van der Waals surface area contributed by atoms with Crippen molar-refractivity contribution in [3.8, 4) is 12.3 Å². The predicted molar refractivity (Wildman–Crippen MR) is 106 cm³/mol. The van der Waals surface area contributed by atoms with Crippen molar-refractivity contribution in [1.82, 2.24) is 30.5 Å². The molecule has 1 aliphatic heterocycles. The Bertz CT molecular complexity index is 1020. The van der Waals surface area contributed by atoms with Crippen molar-refractivity contribution < 1.29 is 27.5 Å². The number of terminal acetylenes is 1. The van der Waals surface area contributed by atoms with E-state index in [2.05, 4.69) is 42.0 Å². The monoisotopic (exact) mass is 468 g/mol. The van der Waals surface area contributed by atoms with Crippen LogP contribution in [0.25, 0.3) is 0 Å². The summed E-state index contributed by atoms with van der Waals surface area (Å²) in [6.07, 6.45) is 7.55. The van der Waals surface area contributed by atoms with E-state index in [4.69, 9.17) is 20.7 Å². The molecule has 0 aromatic carbocycles. The Morgan fingerprint density at radius 3 is 2.61 bits per heavy atom. The van der Waals surface area contributed by atoms with Gasteiger partial charge in [-0.25, -0.2) is 14.5 Å². The fraction of sp³-hybridized carbons (Fsp3) is 0.632. The van der Waals surface area contributed by atoms with E-state index in [1.54, 1.807) is 4.68 Å². The van der Waals surface area contributed by atoms with Crippen molar-refractivity contribution in [1.29, 1.82) is 0 Å². The molecule has 1 saturated carbocycles. The lowest BCUT2D eigenvalue weighted by molar-refractivity contribution is -0.192. The molecule has 2 aromatic heterocycles. The highest BCUT2D eigenvalue weighted by Gasteiger charge is 2.40. The van der Waals surface area contributed by atoms with Gasteiger partial charge < -0.3 is 14.8 Å². The van der Waals surface area contributed by atoms with Gasteiger partial charge in [0.15, 0.2) is 17.9 Å². The number of halogens is 3. The Morgan fingerprint density at radius 2 is 2.12 bits per heavy atom. The van der Waals surface area contributed by atoms with Crippen LogP contribution in [-0.2, 0) is 11.8 Å². The van der Waals surface area contributed by atoms with Gasteiger partial charge in [-0.2, -0.15) is 23.4 Å². The second-order valence-corrected chi connectivity index (χ2v) is 7.72. The maximum Gasteiger partial charge on any atom is 0.490 e. The van der Waals surface area contributed by atoms with Crippen LogP contribution in [0.4, 0.5) is 13.2 Å². The predicted octanol–water partition coefficient (Wildman–Crippen LogP) is 2.74. The number of nitrogens with zero attached hydrogens (tertiary/aromatic N) is 7. The zero-order valence-electron chi connectivity index (χ0n) is 17.8. The number of carbonyl (C=O) groups is 1. The number of oxazole rings is 1. The van der Waals surface area contributed by atoms with Gasteiger partial charge in [0.25, 0.3) is 0 Å². The number of carboxylic acids is 1. The summed E-state index contributed by atoms with van der Waals surface area (Å²) in [6.45, 7) is 0.700. The van der Waals surface area contributed by atoms with E-state index < -0.39 is 12.1 Å². The highest BCUT2D eigenvalue weighted by molar-refractivity contribution is 5.73. The fourth-order valence-corrected chi connectivity index (χ4v) is 3.33. The second-order valence-electron chi connectivity index (χ2n) is 7.72. The van der Waals surface area contributed by atoms with Crippen molar-refractivity contribution in [3.05, 3.63) is 23.7 Å². The maximum absolute atomic E-state index is 10.6. The molecule has 33 heavy (non-hydrogen) atoms. The van der Waals surface area contributed by atoms with Crippen molar-refractivity contribution in [2.45, 2.75) is 62.3 Å². The van der Waals surface area contributed by atoms with Crippen LogP contribution >= 0.6 is 0 Å². The molecule has 2 aliphatic rings. The summed E-state index contributed by atoms with van der Waals surface area (Å²) < 4.78 is 39.1. The summed E-state index contributed by atoms with van der Waals surface area (Å²) in [5, 5.41) is 30.9. The molecule has 1 unspecified atom stereocenters. The average molecular weight is 468 g/mol. The van der Waals surface area contributed by atoms with E-state index in [9.17, 15) is 13.2 Å². The van der Waals surface area contributed by atoms with Crippen LogP contribution in [0.3, 0.4) is 0 Å². The average Bonchev–Trinajstić information content (AvgIpc) is 3.10. The number of carboxylic acid groups (broad SMARTS) is 1. The van der Waals surface area contributed by atoms with Gasteiger partial charge in [0, 0.05) is 38.8 Å². The Balaban J connectivity index is 0.000000383. The number of hydrogen-bond donors (Lipinski definition) is 2. The highest BCUT2D eigenvalue weighted by Crippen LogP contribution is 2.40. The smallest absolute Gasteiger partial charge is 0.475 e. The summed E-state index contributed by atoms with van der Waals surface area (Å²) >= 11 is 0. The third-order valence-corrected chi connectivity index (χ3v) is 5.45. The molecule has 0 radical (unpaired) electrons. The lowest BCUT2D eigenvalue weighted by atomic mass is 9.82. The number of hydrogen-bond acceptors (Lipinski definition) is 9. The number of aryl methyl sites for hydroxylation is 1. The van der Waals surface area contributed by atoms with E-state index in [0.29, 0.717) is 24.7 Å². The van der Waals surface area contributed by atoms with Crippen LogP contribution in [0.1, 0.15) is 67.8 Å². The van der Waals surface area contributed by atoms with Gasteiger partial charge in [-0.15, -0.1) is 17.4 Å². The van der Waals surface area contributed by atoms with Gasteiger partial charge in [-0.05, 0) is 23.3 Å². The molecule has 4 rings (SSSR count). The number of aliphatic carboxylic acids is 1. The van der Waals surface area contributed by atoms with Crippen LogP contribution in [0.5, 0.6) is 0 Å². The minimum atomic E-state index is -5.08. The Hall–Kier alpha value is -3.34. The topological polar surface area (TPSA) is 144 Å². The van der Waals surface area contributed by atoms with Gasteiger partial charge in [0.2, 0.25) is 0 Å². The van der Waals surface area contributed by atoms with Crippen molar-refractivity contribution in [2.24, 2.45) is 17.3 Å². The Morgan fingerprint density at radius 1 is 1.42 bits per heavy atom. The van der Waals surface area contributed by atoms with E-state index in [-0.39, 0.29) is 11.7 Å². The molecule has 1 atom stereocenters. The van der Waals surface area contributed by atoms with E-state index in [0.717, 1.165) is 37.1 Å². The molecule has 0 spiro atoms. The Labute approximate surface area is 186 Å². The number of rotatable bonds is 9. The fourth-order valence-electron chi connectivity index (χ4n) is 3.33. The first-order valence-electron chi connectivity index (χ1n) is 10.2. The van der Waals surface area contributed by atoms with Gasteiger partial charge in [-0.3, -0.25) is 0 Å². The lowest BCUT2D eigenvalue weighted by Crippen LogP contribution is -2.30. The van der Waals surface area contributed by atoms with E-state index >= 15 is 0 Å². The summed E-state index contributed by atoms with van der Waals surface area (Å²) in [5.74, 6) is 1.99. The molecule has 178 valence electrons. The van der Waals surface area contributed by atoms with Gasteiger partial charge in [0.1, 0.15) is 17.5 Å². The number of alkyl halides is 3. The third-order valence-electron chi connectivity index (χ3n) is 5.45. The molecule has 1 aliphatic carbocycles. The number of nitrogens with one attached hydrogen (secondary N) is 1. The van der Waals surface area contributed by atoms with Crippen molar-refractivity contribution in [2.75, 3.05) is 6.54 Å². The summed E-state index contributed by atoms with van der Waals surface area (Å²) in [4.78, 5) is 13.4. The second kappa shape index (κ2) is 10.1. The molecule has 1 fully saturated rings. The molecule has 0 saturated heterocycles. The van der Waals surface area contributed by atoms with Crippen LogP contribution < -0.4 is 5.32 Å². The van der Waals surface area contributed by atoms with Crippen molar-refractivity contribution in [3.63, 3.8) is 0 Å². The van der Waals surface area contributed by atoms with Crippen LogP contribution in [0.2, 0.25) is 0 Å². The maximum atomic E-state index is 10.6. The minimum absolute atomic E-state index is 0.229. The number of aromatic nitrogens is 5. The molecule has 2 aromatic rings. The zero-order valence-corrected chi connectivity index (χ0v) is 17.8. The first-order chi connectivity index (χ1) is 15.7. The molecule has 0 bridgehead atoms. The largest absolute Gasteiger partial charge is 0.490 e. The summed E-state index contributed by atoms with van der Waals surface area (Å²) in [5.41, 5.74) is 0.554. The van der Waals surface area contributed by atoms with E-state index in [1.807, 2.05) is 7.05 Å². The Kier molecular flexibility index (Phi) is 7.42. The molecule has 11 nitrogen and oxygen atoms in total. The minimum Gasteiger partial charge on any atom is -0.475 e. The number of tetrazole rings is 1. The summed E-state index contributed by atoms with van der Waals surface area (Å²) in [7, 11) is 1.83. The molecule has 2 N–H and O–H groups in total. The first kappa shape index (κ1) is 24.3. The third kappa shape index (κ3) is 6.13. The lowest BCUT2D eigenvalue weighted by Gasteiger charge is -2.25. The van der Waals surface area contributed by atoms with Gasteiger partial charge >= 0.3 is 12.1 Å². The molecule has 14 heteroatoms. The van der Waals surface area contributed by atoms with Crippen LogP contribution in [0.15, 0.2) is 21.0 Å².